The third-order valence-corrected chi connectivity index (χ3v) is 12.8. The third kappa shape index (κ3) is 6.47. The fraction of sp³-hybridized carbons (Fsp3) is 0.0943. The molecule has 0 amide bonds. The zero-order valence-electron chi connectivity index (χ0n) is 32.4. The summed E-state index contributed by atoms with van der Waals surface area (Å²) in [6.45, 7) is 2.15. The van der Waals surface area contributed by atoms with Crippen molar-refractivity contribution in [1.29, 1.82) is 0 Å². The number of ether oxygens (including phenoxy) is 1. The molecule has 2 aliphatic carbocycles. The summed E-state index contributed by atoms with van der Waals surface area (Å²) >= 11 is 2.47. The van der Waals surface area contributed by atoms with Gasteiger partial charge in [-0.2, -0.15) is 0 Å². The molecule has 6 heterocycles. The van der Waals surface area contributed by atoms with Crippen LogP contribution in [0.4, 0.5) is 0 Å². The molecule has 0 saturated carbocycles. The summed E-state index contributed by atoms with van der Waals surface area (Å²) in [6.07, 6.45) is 8.20. The van der Waals surface area contributed by atoms with Gasteiger partial charge in [0.05, 0.1) is 0 Å². The molecular weight excluding hydrogens is 904 g/mol. The first-order chi connectivity index (χ1) is 29.0. The van der Waals surface area contributed by atoms with Gasteiger partial charge in [-0.05, 0) is 29.2 Å². The van der Waals surface area contributed by atoms with Crippen LogP contribution >= 0.6 is 0 Å². The summed E-state index contributed by atoms with van der Waals surface area (Å²) in [4.78, 5) is 5.06. The molecule has 10 aromatic rings. The zero-order chi connectivity index (χ0) is 39.5. The van der Waals surface area contributed by atoms with E-state index in [1.54, 1.807) is 0 Å². The van der Waals surface area contributed by atoms with Gasteiger partial charge >= 0.3 is 248 Å². The van der Waals surface area contributed by atoms with Crippen molar-refractivity contribution in [2.75, 3.05) is 0 Å². The summed E-state index contributed by atoms with van der Waals surface area (Å²) in [7, 11) is 0. The van der Waals surface area contributed by atoms with Crippen LogP contribution in [0.15, 0.2) is 164 Å². The van der Waals surface area contributed by atoms with Crippen molar-refractivity contribution < 1.29 is 24.1 Å². The van der Waals surface area contributed by atoms with Crippen molar-refractivity contribution >= 4 is 27.3 Å². The Morgan fingerprint density at radius 1 is 0.610 bits per heavy atom. The van der Waals surface area contributed by atoms with Crippen LogP contribution in [-0.2, 0) is 45.0 Å². The molecule has 0 spiro atoms. The van der Waals surface area contributed by atoms with Crippen LogP contribution in [0, 0.1) is 22.9 Å². The van der Waals surface area contributed by atoms with Crippen molar-refractivity contribution in [2.24, 2.45) is 0 Å². The Labute approximate surface area is 353 Å². The molecule has 4 bridgehead atoms. The van der Waals surface area contributed by atoms with Crippen LogP contribution in [0.3, 0.4) is 0 Å². The number of nitrogens with zero attached hydrogens (tertiary/aromatic N) is 4. The minimum atomic E-state index is 0.611. The van der Waals surface area contributed by atoms with Gasteiger partial charge in [-0.3, -0.25) is 0 Å². The molecule has 4 aliphatic rings. The van der Waals surface area contributed by atoms with E-state index in [9.17, 15) is 0 Å². The standard InChI is InChI=1S/C53H38N4O.Pt/c1-36-29-53(54-33-49(36)40-11-6-3-7-12-40)57-50-28-23-42(39-9-4-2-5-10-39)30-48(50)47-27-26-46(32-51(47)57)58-45-14-8-13-44(31-45)55-34-52-41-21-19-37-15-17-38(18-16-37)20-24-43(25-22-41)56(52)35-55;/h2-18,22-23,25-30,33-34H,19-21,24H2,1H3;/q-2;. The fourth-order valence-corrected chi connectivity index (χ4v) is 9.66. The Morgan fingerprint density at radius 2 is 1.36 bits per heavy atom. The van der Waals surface area contributed by atoms with E-state index in [0.717, 1.165) is 85.1 Å². The minimum absolute atomic E-state index is 0.611. The second-order valence-electron chi connectivity index (χ2n) is 15.4. The molecule has 0 atom stereocenters. The summed E-state index contributed by atoms with van der Waals surface area (Å²) in [5.74, 6) is 2.07. The first kappa shape index (κ1) is 35.6. The molecule has 4 aromatic heterocycles. The number of rotatable bonds is 6. The Balaban J connectivity index is 0.991. The SMILES string of the molecule is Cc1cc(-n2c3[c-]c(Oc4[c-]c(-n5cc6c7ccc(n6[c]5=[Pt])CCc5ccc(cc5)CC7)ccc4)ccc3c3cc(-c4ccccc4)ccc32)ncc1-c1ccccc1. The first-order valence-electron chi connectivity index (χ1n) is 20.1. The summed E-state index contributed by atoms with van der Waals surface area (Å²) in [5.41, 5.74) is 15.3. The van der Waals surface area contributed by atoms with Gasteiger partial charge in [-0.25, -0.2) is 0 Å². The molecule has 5 nitrogen and oxygen atoms in total. The quantitative estimate of drug-likeness (QED) is 0.156. The number of pyridine rings is 2. The van der Waals surface area contributed by atoms with Gasteiger partial charge in [-0.15, -0.1) is 0 Å². The molecule has 0 saturated heterocycles. The van der Waals surface area contributed by atoms with Gasteiger partial charge in [0.15, 0.2) is 0 Å². The van der Waals surface area contributed by atoms with E-state index >= 15 is 0 Å². The van der Waals surface area contributed by atoms with Crippen LogP contribution in [0.1, 0.15) is 27.9 Å². The van der Waals surface area contributed by atoms with Gasteiger partial charge in [0.1, 0.15) is 0 Å². The molecule has 6 heteroatoms. The molecule has 2 aliphatic heterocycles. The van der Waals surface area contributed by atoms with Crippen LogP contribution in [0.25, 0.3) is 61.1 Å². The van der Waals surface area contributed by atoms with Crippen LogP contribution in [-0.4, -0.2) is 18.5 Å². The van der Waals surface area contributed by atoms with Crippen molar-refractivity contribution in [3.63, 3.8) is 0 Å². The number of fused-ring (bicyclic) bond motifs is 3. The topological polar surface area (TPSA) is 36.4 Å². The van der Waals surface area contributed by atoms with E-state index in [2.05, 4.69) is 186 Å². The van der Waals surface area contributed by atoms with Crippen molar-refractivity contribution in [3.05, 3.63) is 208 Å². The number of imidazole rings is 1. The molecule has 0 unspecified atom stereocenters. The molecule has 6 aromatic carbocycles. The predicted octanol–water partition coefficient (Wildman–Crippen LogP) is 12.2. The third-order valence-electron chi connectivity index (χ3n) is 11.7. The first-order valence-corrected chi connectivity index (χ1v) is 21.2. The van der Waals surface area contributed by atoms with Gasteiger partial charge in [-0.1, -0.05) is 66.7 Å². The zero-order valence-corrected chi connectivity index (χ0v) is 34.7. The van der Waals surface area contributed by atoms with E-state index in [4.69, 9.17) is 9.72 Å². The van der Waals surface area contributed by atoms with Gasteiger partial charge < -0.3 is 0 Å². The van der Waals surface area contributed by atoms with Crippen LogP contribution < -0.4 is 4.74 Å². The number of aromatic nitrogens is 4. The summed E-state index contributed by atoms with van der Waals surface area (Å²) in [6, 6.07) is 61.2. The average Bonchev–Trinajstić information content (AvgIpc) is 3.79. The molecule has 0 fully saturated rings. The van der Waals surface area contributed by atoms with Gasteiger partial charge in [0, 0.05) is 11.8 Å². The van der Waals surface area contributed by atoms with Crippen molar-refractivity contribution in [1.82, 2.24) is 18.5 Å². The number of hydrogen-bond acceptors (Lipinski definition) is 2. The van der Waals surface area contributed by atoms with E-state index < -0.39 is 0 Å². The Kier molecular flexibility index (Phi) is 8.86. The molecule has 59 heavy (non-hydrogen) atoms. The van der Waals surface area contributed by atoms with E-state index in [0.29, 0.717) is 11.5 Å². The monoisotopic (exact) mass is 941 g/mol. The predicted molar refractivity (Wildman–Crippen MR) is 233 cm³/mol. The van der Waals surface area contributed by atoms with Gasteiger partial charge in [0.25, 0.3) is 0 Å². The Hall–Kier alpha value is -6.55. The van der Waals surface area contributed by atoms with E-state index in [-0.39, 0.29) is 0 Å². The second kappa shape index (κ2) is 14.7. The molecular formula is C53H38N4OPt-2. The number of aryl methyl sites for hydroxylation is 5. The minimum Gasteiger partial charge on any atom is -0.0622 e. The van der Waals surface area contributed by atoms with Crippen molar-refractivity contribution in [2.45, 2.75) is 32.6 Å². The molecule has 288 valence electrons. The van der Waals surface area contributed by atoms with Gasteiger partial charge in [0.2, 0.25) is 0 Å². The second-order valence-corrected chi connectivity index (χ2v) is 16.4. The van der Waals surface area contributed by atoms with E-state index in [1.165, 1.54) is 33.5 Å². The van der Waals surface area contributed by atoms with Crippen molar-refractivity contribution in [3.8, 4) is 45.3 Å². The summed E-state index contributed by atoms with van der Waals surface area (Å²) < 4.78 is 14.6. The van der Waals surface area contributed by atoms with E-state index in [1.807, 2.05) is 30.5 Å². The molecule has 0 N–H and O–H groups in total. The smallest absolute Gasteiger partial charge is 0.0622 e. The number of benzene rings is 6. The summed E-state index contributed by atoms with van der Waals surface area (Å²) in [5, 5.41) is 2.22. The fourth-order valence-electron chi connectivity index (χ4n) is 8.64. The maximum atomic E-state index is 6.65. The molecule has 14 rings (SSSR count). The Morgan fingerprint density at radius 3 is 2.14 bits per heavy atom. The maximum absolute atomic E-state index is 6.65. The van der Waals surface area contributed by atoms with Crippen LogP contribution in [0.5, 0.6) is 11.5 Å². The average molecular weight is 942 g/mol. The molecule has 0 radical (unpaired) electrons. The number of hydrogen-bond donors (Lipinski definition) is 0. The van der Waals surface area contributed by atoms with Crippen LogP contribution in [0.2, 0.25) is 0 Å². The normalized spacial score (nSPS) is 12.7. The Bertz CT molecular complexity index is 3270.